The van der Waals surface area contributed by atoms with Gasteiger partial charge in [-0.05, 0) is 25.0 Å². The number of hydrogen-bond acceptors (Lipinski definition) is 2. The van der Waals surface area contributed by atoms with Gasteiger partial charge in [-0.25, -0.2) is 0 Å². The van der Waals surface area contributed by atoms with Gasteiger partial charge in [0.2, 0.25) is 0 Å². The molecule has 0 fully saturated rings. The van der Waals surface area contributed by atoms with Crippen molar-refractivity contribution in [1.29, 1.82) is 0 Å². The minimum Gasteiger partial charge on any atom is -0.426 e. The summed E-state index contributed by atoms with van der Waals surface area (Å²) in [5.41, 5.74) is 3.34. The molecular weight excluding hydrogens is 224 g/mol. The highest BCUT2D eigenvalue weighted by Crippen LogP contribution is 2.37. The van der Waals surface area contributed by atoms with Crippen molar-refractivity contribution in [3.63, 3.8) is 0 Å². The normalized spacial score (nSPS) is 17.4. The summed E-state index contributed by atoms with van der Waals surface area (Å²) >= 11 is 0. The number of benzene rings is 2. The molecule has 0 spiro atoms. The highest BCUT2D eigenvalue weighted by atomic mass is 16.5. The third kappa shape index (κ3) is 1.90. The van der Waals surface area contributed by atoms with Crippen LogP contribution in [-0.4, -0.2) is 5.97 Å². The third-order valence-electron chi connectivity index (χ3n) is 3.32. The van der Waals surface area contributed by atoms with E-state index in [4.69, 9.17) is 4.74 Å². The number of ether oxygens (including phenoxy) is 1. The number of carbonyl (C=O) groups excluding carboxylic acids is 1. The minimum absolute atomic E-state index is 0.139. The second kappa shape index (κ2) is 4.30. The van der Waals surface area contributed by atoms with Crippen LogP contribution in [0.15, 0.2) is 48.5 Å². The standard InChI is InChI=1S/C16H14O2/c1-11-7-8-15-13(9-11)14(16(17)18-15)10-12-5-3-2-4-6-12/h2-9,14H,10H2,1H3. The van der Waals surface area contributed by atoms with E-state index in [0.29, 0.717) is 12.2 Å². The van der Waals surface area contributed by atoms with Crippen LogP contribution < -0.4 is 4.74 Å². The molecule has 2 aromatic carbocycles. The van der Waals surface area contributed by atoms with Crippen LogP contribution in [0.25, 0.3) is 0 Å². The van der Waals surface area contributed by atoms with Crippen LogP contribution in [0.5, 0.6) is 5.75 Å². The number of aryl methyl sites for hydroxylation is 1. The van der Waals surface area contributed by atoms with Gasteiger partial charge < -0.3 is 4.74 Å². The van der Waals surface area contributed by atoms with Gasteiger partial charge >= 0.3 is 5.97 Å². The first-order valence-electron chi connectivity index (χ1n) is 6.10. The molecule has 0 saturated heterocycles. The highest BCUT2D eigenvalue weighted by molar-refractivity contribution is 5.86. The summed E-state index contributed by atoms with van der Waals surface area (Å²) in [7, 11) is 0. The van der Waals surface area contributed by atoms with Gasteiger partial charge in [0.15, 0.2) is 0 Å². The molecule has 2 nitrogen and oxygen atoms in total. The summed E-state index contributed by atoms with van der Waals surface area (Å²) in [4.78, 5) is 11.9. The molecule has 2 aromatic rings. The lowest BCUT2D eigenvalue weighted by molar-refractivity contribution is -0.134. The van der Waals surface area contributed by atoms with E-state index in [9.17, 15) is 4.79 Å². The Balaban J connectivity index is 1.94. The lowest BCUT2D eigenvalue weighted by atomic mass is 9.92. The predicted molar refractivity (Wildman–Crippen MR) is 69.7 cm³/mol. The van der Waals surface area contributed by atoms with E-state index in [-0.39, 0.29) is 11.9 Å². The molecule has 0 aliphatic carbocycles. The Kier molecular flexibility index (Phi) is 2.63. The van der Waals surface area contributed by atoms with Gasteiger partial charge in [-0.1, -0.05) is 48.0 Å². The maximum atomic E-state index is 11.9. The molecule has 0 bridgehead atoms. The summed E-state index contributed by atoms with van der Waals surface area (Å²) < 4.78 is 5.31. The molecule has 18 heavy (non-hydrogen) atoms. The second-order valence-electron chi connectivity index (χ2n) is 4.70. The highest BCUT2D eigenvalue weighted by Gasteiger charge is 2.32. The first kappa shape index (κ1) is 11.0. The molecule has 1 aliphatic rings. The van der Waals surface area contributed by atoms with Crippen molar-refractivity contribution in [1.82, 2.24) is 0 Å². The lowest BCUT2D eigenvalue weighted by Gasteiger charge is -2.07. The van der Waals surface area contributed by atoms with Crippen LogP contribution in [-0.2, 0) is 11.2 Å². The van der Waals surface area contributed by atoms with Crippen molar-refractivity contribution < 1.29 is 9.53 Å². The zero-order valence-electron chi connectivity index (χ0n) is 10.2. The average Bonchev–Trinajstić information content (AvgIpc) is 2.67. The van der Waals surface area contributed by atoms with Crippen molar-refractivity contribution in [2.75, 3.05) is 0 Å². The minimum atomic E-state index is -0.165. The van der Waals surface area contributed by atoms with Crippen LogP contribution in [0.4, 0.5) is 0 Å². The van der Waals surface area contributed by atoms with Gasteiger partial charge in [0, 0.05) is 5.56 Å². The number of hydrogen-bond donors (Lipinski definition) is 0. The van der Waals surface area contributed by atoms with Crippen LogP contribution in [0.1, 0.15) is 22.6 Å². The largest absolute Gasteiger partial charge is 0.426 e. The number of fused-ring (bicyclic) bond motifs is 1. The molecule has 0 saturated carbocycles. The Hall–Kier alpha value is -2.09. The Bertz CT molecular complexity index is 587. The summed E-state index contributed by atoms with van der Waals surface area (Å²) in [5, 5.41) is 0. The topological polar surface area (TPSA) is 26.3 Å². The Labute approximate surface area is 106 Å². The Morgan fingerprint density at radius 1 is 1.11 bits per heavy atom. The summed E-state index contributed by atoms with van der Waals surface area (Å²) in [6.45, 7) is 2.03. The molecule has 0 amide bonds. The summed E-state index contributed by atoms with van der Waals surface area (Å²) in [6, 6.07) is 16.0. The van der Waals surface area contributed by atoms with Gasteiger partial charge in [0.05, 0.1) is 5.92 Å². The first-order chi connectivity index (χ1) is 8.74. The SMILES string of the molecule is Cc1ccc2c(c1)C(Cc1ccccc1)C(=O)O2. The molecule has 3 rings (SSSR count). The van der Waals surface area contributed by atoms with Gasteiger partial charge in [-0.15, -0.1) is 0 Å². The summed E-state index contributed by atoms with van der Waals surface area (Å²) in [6.07, 6.45) is 0.704. The number of esters is 1. The number of carbonyl (C=O) groups is 1. The van der Waals surface area contributed by atoms with Gasteiger partial charge in [-0.2, -0.15) is 0 Å². The molecule has 1 heterocycles. The van der Waals surface area contributed by atoms with Gasteiger partial charge in [0.25, 0.3) is 0 Å². The zero-order valence-corrected chi connectivity index (χ0v) is 10.2. The molecule has 2 heteroatoms. The molecule has 0 N–H and O–H groups in total. The fourth-order valence-electron chi connectivity index (χ4n) is 2.38. The smallest absolute Gasteiger partial charge is 0.319 e. The van der Waals surface area contributed by atoms with Crippen molar-refractivity contribution in [2.45, 2.75) is 19.3 Å². The van der Waals surface area contributed by atoms with Gasteiger partial charge in [-0.3, -0.25) is 4.79 Å². The molecular formula is C16H14O2. The maximum absolute atomic E-state index is 11.9. The summed E-state index contributed by atoms with van der Waals surface area (Å²) in [5.74, 6) is 0.410. The van der Waals surface area contributed by atoms with E-state index in [1.807, 2.05) is 55.5 Å². The second-order valence-corrected chi connectivity index (χ2v) is 4.70. The Morgan fingerprint density at radius 3 is 2.67 bits per heavy atom. The lowest BCUT2D eigenvalue weighted by Crippen LogP contribution is -2.12. The Morgan fingerprint density at radius 2 is 1.89 bits per heavy atom. The third-order valence-corrected chi connectivity index (χ3v) is 3.32. The van der Waals surface area contributed by atoms with Crippen molar-refractivity contribution in [3.8, 4) is 5.75 Å². The fourth-order valence-corrected chi connectivity index (χ4v) is 2.38. The van der Waals surface area contributed by atoms with Crippen LogP contribution in [0.3, 0.4) is 0 Å². The fraction of sp³-hybridized carbons (Fsp3) is 0.188. The quantitative estimate of drug-likeness (QED) is 0.593. The van der Waals surface area contributed by atoms with E-state index in [1.165, 1.54) is 0 Å². The van der Waals surface area contributed by atoms with Crippen LogP contribution in [0.2, 0.25) is 0 Å². The number of rotatable bonds is 2. The van der Waals surface area contributed by atoms with E-state index >= 15 is 0 Å². The van der Waals surface area contributed by atoms with Crippen LogP contribution >= 0.6 is 0 Å². The van der Waals surface area contributed by atoms with Gasteiger partial charge in [0.1, 0.15) is 5.75 Å². The van der Waals surface area contributed by atoms with E-state index in [1.54, 1.807) is 0 Å². The molecule has 1 unspecified atom stereocenters. The van der Waals surface area contributed by atoms with Crippen molar-refractivity contribution in [3.05, 3.63) is 65.2 Å². The molecule has 1 atom stereocenters. The molecule has 90 valence electrons. The average molecular weight is 238 g/mol. The zero-order chi connectivity index (χ0) is 12.5. The maximum Gasteiger partial charge on any atom is 0.319 e. The van der Waals surface area contributed by atoms with Crippen molar-refractivity contribution >= 4 is 5.97 Å². The van der Waals surface area contributed by atoms with E-state index in [0.717, 1.165) is 16.7 Å². The first-order valence-corrected chi connectivity index (χ1v) is 6.10. The van der Waals surface area contributed by atoms with E-state index < -0.39 is 0 Å². The molecule has 1 aliphatic heterocycles. The monoisotopic (exact) mass is 238 g/mol. The molecule has 0 radical (unpaired) electrons. The van der Waals surface area contributed by atoms with Crippen LogP contribution in [0, 0.1) is 6.92 Å². The predicted octanol–water partition coefficient (Wildman–Crippen LogP) is 3.24. The van der Waals surface area contributed by atoms with Crippen molar-refractivity contribution in [2.24, 2.45) is 0 Å². The van der Waals surface area contributed by atoms with E-state index in [2.05, 4.69) is 0 Å². The molecule has 0 aromatic heterocycles.